The molecule has 0 spiro atoms. The fourth-order valence-corrected chi connectivity index (χ4v) is 2.56. The second-order valence-electron chi connectivity index (χ2n) is 5.39. The Morgan fingerprint density at radius 1 is 1.12 bits per heavy atom. The maximum Gasteiger partial charge on any atom is 0.150 e. The van der Waals surface area contributed by atoms with Crippen LogP contribution in [0.15, 0.2) is 49.1 Å². The lowest BCUT2D eigenvalue weighted by atomic mass is 10.2. The first-order chi connectivity index (χ1) is 12.7. The third-order valence-corrected chi connectivity index (χ3v) is 3.72. The largest absolute Gasteiger partial charge is 0.384 e. The number of nitrogens with zero attached hydrogens (tertiary/aromatic N) is 6. The second-order valence-corrected chi connectivity index (χ2v) is 5.39. The Hall–Kier alpha value is -4.06. The topological polar surface area (TPSA) is 118 Å². The van der Waals surface area contributed by atoms with Gasteiger partial charge in [0.2, 0.25) is 0 Å². The summed E-state index contributed by atoms with van der Waals surface area (Å²) in [4.78, 5) is 12.2. The van der Waals surface area contributed by atoms with Gasteiger partial charge in [-0.1, -0.05) is 6.07 Å². The molecule has 0 fully saturated rings. The summed E-state index contributed by atoms with van der Waals surface area (Å²) in [5.41, 5.74) is 6.50. The molecular weight excluding hydrogens is 335 g/mol. The zero-order chi connectivity index (χ0) is 18.1. The Labute approximate surface area is 146 Å². The van der Waals surface area contributed by atoms with Crippen molar-refractivity contribution in [1.29, 1.82) is 5.26 Å². The lowest BCUT2D eigenvalue weighted by Gasteiger charge is -2.09. The van der Waals surface area contributed by atoms with Crippen molar-refractivity contribution in [1.82, 2.24) is 24.7 Å². The number of hydrogen-bond donors (Lipinski definition) is 2. The molecule has 26 heavy (non-hydrogen) atoms. The van der Waals surface area contributed by atoms with Gasteiger partial charge in [0.25, 0.3) is 0 Å². The van der Waals surface area contributed by atoms with Crippen molar-refractivity contribution in [2.45, 2.75) is 0 Å². The van der Waals surface area contributed by atoms with Gasteiger partial charge in [0, 0.05) is 23.7 Å². The van der Waals surface area contributed by atoms with E-state index in [2.05, 4.69) is 25.4 Å². The van der Waals surface area contributed by atoms with Crippen LogP contribution in [0.4, 0.5) is 21.8 Å². The number of nitrogens with two attached hydrogens (primary N) is 1. The molecule has 0 aliphatic rings. The number of pyridine rings is 1. The van der Waals surface area contributed by atoms with Gasteiger partial charge in [0.15, 0.2) is 0 Å². The molecule has 0 unspecified atom stereocenters. The zero-order valence-corrected chi connectivity index (χ0v) is 13.3. The lowest BCUT2D eigenvalue weighted by Crippen LogP contribution is -2.03. The summed E-state index contributed by atoms with van der Waals surface area (Å²) in [5, 5.41) is 17.2. The SMILES string of the molecule is N#Cc1cccc(F)c1-n1ncc2cnc(Nc3cc(N)ncn3)cc21. The van der Waals surface area contributed by atoms with Crippen LogP contribution in [0.5, 0.6) is 0 Å². The van der Waals surface area contributed by atoms with E-state index in [1.807, 2.05) is 6.07 Å². The van der Waals surface area contributed by atoms with Crippen LogP contribution in [0, 0.1) is 17.1 Å². The molecule has 0 amide bonds. The van der Waals surface area contributed by atoms with Gasteiger partial charge in [-0.05, 0) is 12.1 Å². The normalized spacial score (nSPS) is 10.6. The highest BCUT2D eigenvalue weighted by Crippen LogP contribution is 2.25. The first kappa shape index (κ1) is 15.5. The van der Waals surface area contributed by atoms with E-state index in [1.165, 1.54) is 29.2 Å². The smallest absolute Gasteiger partial charge is 0.150 e. The van der Waals surface area contributed by atoms with Gasteiger partial charge in [0.1, 0.15) is 41.4 Å². The minimum Gasteiger partial charge on any atom is -0.384 e. The van der Waals surface area contributed by atoms with Gasteiger partial charge in [-0.2, -0.15) is 10.4 Å². The van der Waals surface area contributed by atoms with Crippen molar-refractivity contribution in [3.8, 4) is 11.8 Å². The van der Waals surface area contributed by atoms with Gasteiger partial charge in [-0.25, -0.2) is 24.0 Å². The number of fused-ring (bicyclic) bond motifs is 1. The third kappa shape index (κ3) is 2.65. The first-order valence-corrected chi connectivity index (χ1v) is 7.53. The van der Waals surface area contributed by atoms with Crippen LogP contribution < -0.4 is 11.1 Å². The molecule has 9 heteroatoms. The monoisotopic (exact) mass is 346 g/mol. The minimum absolute atomic E-state index is 0.0911. The molecule has 126 valence electrons. The molecule has 4 aromatic rings. The third-order valence-electron chi connectivity index (χ3n) is 3.72. The van der Waals surface area contributed by atoms with E-state index < -0.39 is 5.82 Å². The lowest BCUT2D eigenvalue weighted by molar-refractivity contribution is 0.612. The van der Waals surface area contributed by atoms with Crippen LogP contribution in [0.25, 0.3) is 16.6 Å². The second kappa shape index (κ2) is 6.10. The average Bonchev–Trinajstić information content (AvgIpc) is 3.04. The van der Waals surface area contributed by atoms with Crippen LogP contribution in [0.3, 0.4) is 0 Å². The van der Waals surface area contributed by atoms with Crippen molar-refractivity contribution in [2.24, 2.45) is 0 Å². The van der Waals surface area contributed by atoms with E-state index in [-0.39, 0.29) is 11.3 Å². The highest BCUT2D eigenvalue weighted by Gasteiger charge is 2.15. The molecule has 4 rings (SSSR count). The number of nitrogens with one attached hydrogen (secondary N) is 1. The summed E-state index contributed by atoms with van der Waals surface area (Å²) in [6.45, 7) is 0. The Bertz CT molecular complexity index is 1160. The maximum atomic E-state index is 14.3. The van der Waals surface area contributed by atoms with Crippen molar-refractivity contribution in [3.05, 3.63) is 60.4 Å². The van der Waals surface area contributed by atoms with Gasteiger partial charge < -0.3 is 11.1 Å². The standard InChI is InChI=1S/C17H11FN8/c18-12-3-1-2-10(6-19)17(12)26-13-4-15(21-7-11(13)8-24-26)25-16-5-14(20)22-9-23-16/h1-5,7-9H,(H3,20,21,22,23,25). The Kier molecular flexibility index (Phi) is 3.63. The molecule has 3 aromatic heterocycles. The predicted octanol–water partition coefficient (Wildman–Crippen LogP) is 2.55. The first-order valence-electron chi connectivity index (χ1n) is 7.53. The number of nitriles is 1. The Morgan fingerprint density at radius 2 is 1.96 bits per heavy atom. The average molecular weight is 346 g/mol. The van der Waals surface area contributed by atoms with Crippen LogP contribution in [0.1, 0.15) is 5.56 Å². The fraction of sp³-hybridized carbons (Fsp3) is 0. The van der Waals surface area contributed by atoms with E-state index in [9.17, 15) is 9.65 Å². The molecular formula is C17H11FN8. The van der Waals surface area contributed by atoms with E-state index in [0.29, 0.717) is 28.4 Å². The highest BCUT2D eigenvalue weighted by atomic mass is 19.1. The van der Waals surface area contributed by atoms with Gasteiger partial charge in [0.05, 0.1) is 17.3 Å². The van der Waals surface area contributed by atoms with Gasteiger partial charge >= 0.3 is 0 Å². The van der Waals surface area contributed by atoms with Crippen LogP contribution in [-0.2, 0) is 0 Å². The fourth-order valence-electron chi connectivity index (χ4n) is 2.56. The quantitative estimate of drug-likeness (QED) is 0.585. The van der Waals surface area contributed by atoms with Gasteiger partial charge in [-0.15, -0.1) is 0 Å². The molecule has 3 N–H and O–H groups in total. The summed E-state index contributed by atoms with van der Waals surface area (Å²) in [5.74, 6) is 0.716. The molecule has 1 aromatic carbocycles. The number of halogens is 1. The highest BCUT2D eigenvalue weighted by molar-refractivity contribution is 5.83. The van der Waals surface area contributed by atoms with Crippen molar-refractivity contribution in [3.63, 3.8) is 0 Å². The zero-order valence-electron chi connectivity index (χ0n) is 13.3. The molecule has 0 bridgehead atoms. The molecule has 0 aliphatic heterocycles. The number of nitrogen functional groups attached to an aromatic ring is 1. The summed E-state index contributed by atoms with van der Waals surface area (Å²) in [7, 11) is 0. The van der Waals surface area contributed by atoms with E-state index in [0.717, 1.165) is 0 Å². The molecule has 0 saturated carbocycles. The van der Waals surface area contributed by atoms with Gasteiger partial charge in [-0.3, -0.25) is 0 Å². The van der Waals surface area contributed by atoms with Crippen LogP contribution in [0.2, 0.25) is 0 Å². The molecule has 0 atom stereocenters. The van der Waals surface area contributed by atoms with E-state index >= 15 is 0 Å². The van der Waals surface area contributed by atoms with Crippen LogP contribution in [-0.4, -0.2) is 24.7 Å². The molecule has 0 saturated heterocycles. The van der Waals surface area contributed by atoms with Crippen molar-refractivity contribution >= 4 is 28.4 Å². The number of rotatable bonds is 3. The summed E-state index contributed by atoms with van der Waals surface area (Å²) >= 11 is 0. The van der Waals surface area contributed by atoms with Crippen molar-refractivity contribution in [2.75, 3.05) is 11.1 Å². The number of para-hydroxylation sites is 1. The Balaban J connectivity index is 1.83. The number of benzene rings is 1. The summed E-state index contributed by atoms with van der Waals surface area (Å²) in [6, 6.07) is 9.55. The molecule has 3 heterocycles. The predicted molar refractivity (Wildman–Crippen MR) is 93.3 cm³/mol. The van der Waals surface area contributed by atoms with Crippen molar-refractivity contribution < 1.29 is 4.39 Å². The maximum absolute atomic E-state index is 14.3. The molecule has 0 aliphatic carbocycles. The minimum atomic E-state index is -0.538. The number of anilines is 3. The van der Waals surface area contributed by atoms with Crippen LogP contribution >= 0.6 is 0 Å². The summed E-state index contributed by atoms with van der Waals surface area (Å²) in [6.07, 6.45) is 4.49. The number of aromatic nitrogens is 5. The molecule has 0 radical (unpaired) electrons. The van der Waals surface area contributed by atoms with E-state index in [4.69, 9.17) is 5.73 Å². The molecule has 8 nitrogen and oxygen atoms in total. The number of hydrogen-bond acceptors (Lipinski definition) is 7. The Morgan fingerprint density at radius 3 is 2.77 bits per heavy atom. The summed E-state index contributed by atoms with van der Waals surface area (Å²) < 4.78 is 15.7. The van der Waals surface area contributed by atoms with E-state index in [1.54, 1.807) is 24.5 Å².